The Labute approximate surface area is 122 Å². The van der Waals surface area contributed by atoms with Crippen molar-refractivity contribution in [3.8, 4) is 0 Å². The van der Waals surface area contributed by atoms with E-state index in [2.05, 4.69) is 40.1 Å². The van der Waals surface area contributed by atoms with E-state index in [9.17, 15) is 0 Å². The maximum atomic E-state index is 4.44. The second-order valence-corrected chi connectivity index (χ2v) is 7.04. The second kappa shape index (κ2) is 6.16. The van der Waals surface area contributed by atoms with Gasteiger partial charge in [-0.25, -0.2) is 4.98 Å². The molecule has 0 spiro atoms. The van der Waals surface area contributed by atoms with Crippen LogP contribution in [-0.4, -0.2) is 4.98 Å². The SMILES string of the molecule is CC(NC(c1cccs1)C1CCCC1)c1cscn1. The monoisotopic (exact) mass is 292 g/mol. The molecule has 0 saturated heterocycles. The van der Waals surface area contributed by atoms with Crippen LogP contribution >= 0.6 is 22.7 Å². The molecule has 3 rings (SSSR count). The number of hydrogen-bond acceptors (Lipinski definition) is 4. The largest absolute Gasteiger partial charge is 0.301 e. The topological polar surface area (TPSA) is 24.9 Å². The van der Waals surface area contributed by atoms with Gasteiger partial charge in [-0.2, -0.15) is 0 Å². The van der Waals surface area contributed by atoms with Crippen molar-refractivity contribution in [1.29, 1.82) is 0 Å². The Kier molecular flexibility index (Phi) is 4.31. The van der Waals surface area contributed by atoms with E-state index < -0.39 is 0 Å². The Balaban J connectivity index is 1.75. The second-order valence-electron chi connectivity index (χ2n) is 5.34. The van der Waals surface area contributed by atoms with E-state index in [1.807, 2.05) is 16.8 Å². The molecule has 2 aromatic heterocycles. The summed E-state index contributed by atoms with van der Waals surface area (Å²) in [6.45, 7) is 2.23. The van der Waals surface area contributed by atoms with Crippen molar-refractivity contribution in [3.63, 3.8) is 0 Å². The molecule has 0 radical (unpaired) electrons. The van der Waals surface area contributed by atoms with Gasteiger partial charge in [0.25, 0.3) is 0 Å². The lowest BCUT2D eigenvalue weighted by Crippen LogP contribution is -2.29. The Morgan fingerprint density at radius 1 is 1.37 bits per heavy atom. The first kappa shape index (κ1) is 13.3. The zero-order chi connectivity index (χ0) is 13.1. The highest BCUT2D eigenvalue weighted by Crippen LogP contribution is 2.38. The van der Waals surface area contributed by atoms with Crippen LogP contribution in [0.25, 0.3) is 0 Å². The van der Waals surface area contributed by atoms with E-state index in [4.69, 9.17) is 0 Å². The molecule has 4 heteroatoms. The normalized spacial score (nSPS) is 19.6. The van der Waals surface area contributed by atoms with Crippen molar-refractivity contribution in [1.82, 2.24) is 10.3 Å². The van der Waals surface area contributed by atoms with Crippen LogP contribution in [0.15, 0.2) is 28.4 Å². The number of thiophene rings is 1. The molecule has 2 atom stereocenters. The molecule has 19 heavy (non-hydrogen) atoms. The van der Waals surface area contributed by atoms with Gasteiger partial charge in [0.15, 0.2) is 0 Å². The van der Waals surface area contributed by atoms with Crippen molar-refractivity contribution in [2.24, 2.45) is 5.92 Å². The summed E-state index contributed by atoms with van der Waals surface area (Å²) in [7, 11) is 0. The molecule has 0 aliphatic heterocycles. The average molecular weight is 292 g/mol. The predicted molar refractivity (Wildman–Crippen MR) is 82.7 cm³/mol. The molecule has 1 fully saturated rings. The molecular weight excluding hydrogens is 272 g/mol. The van der Waals surface area contributed by atoms with Gasteiger partial charge in [0.2, 0.25) is 0 Å². The van der Waals surface area contributed by atoms with Gasteiger partial charge < -0.3 is 5.32 Å². The first-order chi connectivity index (χ1) is 9.34. The van der Waals surface area contributed by atoms with Crippen molar-refractivity contribution >= 4 is 22.7 Å². The lowest BCUT2D eigenvalue weighted by molar-refractivity contribution is 0.341. The highest BCUT2D eigenvalue weighted by molar-refractivity contribution is 7.10. The third kappa shape index (κ3) is 3.07. The highest BCUT2D eigenvalue weighted by Gasteiger charge is 2.28. The molecule has 2 nitrogen and oxygen atoms in total. The lowest BCUT2D eigenvalue weighted by atomic mass is 9.95. The van der Waals surface area contributed by atoms with Gasteiger partial charge >= 0.3 is 0 Å². The summed E-state index contributed by atoms with van der Waals surface area (Å²) in [5, 5.41) is 8.16. The molecule has 1 N–H and O–H groups in total. The molecule has 102 valence electrons. The molecule has 2 aromatic rings. The van der Waals surface area contributed by atoms with Crippen LogP contribution in [0.2, 0.25) is 0 Å². The van der Waals surface area contributed by atoms with E-state index in [-0.39, 0.29) is 0 Å². The van der Waals surface area contributed by atoms with Gasteiger partial charge in [-0.15, -0.1) is 22.7 Å². The van der Waals surface area contributed by atoms with Crippen LogP contribution in [0.1, 0.15) is 55.3 Å². The molecule has 1 aliphatic rings. The number of thiazole rings is 1. The van der Waals surface area contributed by atoms with E-state index >= 15 is 0 Å². The Hall–Kier alpha value is -0.710. The minimum atomic E-state index is 0.332. The van der Waals surface area contributed by atoms with Crippen LogP contribution in [0.5, 0.6) is 0 Å². The molecule has 0 aromatic carbocycles. The maximum absolute atomic E-state index is 4.44. The van der Waals surface area contributed by atoms with Gasteiger partial charge in [0.05, 0.1) is 11.2 Å². The van der Waals surface area contributed by atoms with Crippen LogP contribution in [0.3, 0.4) is 0 Å². The summed E-state index contributed by atoms with van der Waals surface area (Å²) >= 11 is 3.55. The van der Waals surface area contributed by atoms with Gasteiger partial charge in [-0.05, 0) is 37.1 Å². The summed E-state index contributed by atoms with van der Waals surface area (Å²) in [5.74, 6) is 0.791. The summed E-state index contributed by atoms with van der Waals surface area (Å²) in [5.41, 5.74) is 3.09. The smallest absolute Gasteiger partial charge is 0.0795 e. The van der Waals surface area contributed by atoms with Crippen LogP contribution in [0.4, 0.5) is 0 Å². The summed E-state index contributed by atoms with van der Waals surface area (Å²) < 4.78 is 0. The molecular formula is C15H20N2S2. The zero-order valence-electron chi connectivity index (χ0n) is 11.2. The molecule has 1 aliphatic carbocycles. The van der Waals surface area contributed by atoms with E-state index in [0.29, 0.717) is 12.1 Å². The van der Waals surface area contributed by atoms with Crippen molar-refractivity contribution in [2.45, 2.75) is 44.7 Å². The molecule has 2 heterocycles. The van der Waals surface area contributed by atoms with Crippen molar-refractivity contribution in [2.75, 3.05) is 0 Å². The number of nitrogens with one attached hydrogen (secondary N) is 1. The number of hydrogen-bond donors (Lipinski definition) is 1. The van der Waals surface area contributed by atoms with Crippen molar-refractivity contribution in [3.05, 3.63) is 39.0 Å². The third-order valence-electron chi connectivity index (χ3n) is 4.05. The Morgan fingerprint density at radius 2 is 2.21 bits per heavy atom. The standard InChI is InChI=1S/C15H20N2S2/c1-11(13-9-18-10-16-13)17-15(12-5-2-3-6-12)14-7-4-8-19-14/h4,7-12,15,17H,2-3,5-6H2,1H3. The van der Waals surface area contributed by atoms with Crippen LogP contribution < -0.4 is 5.32 Å². The molecule has 0 amide bonds. The van der Waals surface area contributed by atoms with Gasteiger partial charge in [-0.1, -0.05) is 18.9 Å². The van der Waals surface area contributed by atoms with E-state index in [1.165, 1.54) is 36.3 Å². The van der Waals surface area contributed by atoms with E-state index in [0.717, 1.165) is 5.92 Å². The van der Waals surface area contributed by atoms with Crippen LogP contribution in [0, 0.1) is 5.92 Å². The highest BCUT2D eigenvalue weighted by atomic mass is 32.1. The third-order valence-corrected chi connectivity index (χ3v) is 5.61. The van der Waals surface area contributed by atoms with Gasteiger partial charge in [0.1, 0.15) is 0 Å². The van der Waals surface area contributed by atoms with Crippen LogP contribution in [-0.2, 0) is 0 Å². The average Bonchev–Trinajstić information content (AvgIpc) is 3.17. The van der Waals surface area contributed by atoms with Gasteiger partial charge in [0, 0.05) is 22.3 Å². The summed E-state index contributed by atoms with van der Waals surface area (Å²) in [6, 6.07) is 5.27. The lowest BCUT2D eigenvalue weighted by Gasteiger charge is -2.27. The summed E-state index contributed by atoms with van der Waals surface area (Å²) in [4.78, 5) is 5.92. The minimum Gasteiger partial charge on any atom is -0.301 e. The van der Waals surface area contributed by atoms with Crippen molar-refractivity contribution < 1.29 is 0 Å². The van der Waals surface area contributed by atoms with Gasteiger partial charge in [-0.3, -0.25) is 0 Å². The number of nitrogens with zero attached hydrogens (tertiary/aromatic N) is 1. The first-order valence-electron chi connectivity index (χ1n) is 7.02. The molecule has 1 saturated carbocycles. The fourth-order valence-electron chi connectivity index (χ4n) is 3.00. The number of aromatic nitrogens is 1. The zero-order valence-corrected chi connectivity index (χ0v) is 12.8. The minimum absolute atomic E-state index is 0.332. The quantitative estimate of drug-likeness (QED) is 0.857. The fourth-order valence-corrected chi connectivity index (χ4v) is 4.53. The Bertz CT molecular complexity index is 472. The number of rotatable bonds is 5. The molecule has 0 bridgehead atoms. The maximum Gasteiger partial charge on any atom is 0.0795 e. The Morgan fingerprint density at radius 3 is 2.84 bits per heavy atom. The van der Waals surface area contributed by atoms with E-state index in [1.54, 1.807) is 11.3 Å². The molecule has 2 unspecified atom stereocenters. The predicted octanol–water partition coefficient (Wildman–Crippen LogP) is 4.79. The fraction of sp³-hybridized carbons (Fsp3) is 0.533. The summed E-state index contributed by atoms with van der Waals surface area (Å²) in [6.07, 6.45) is 5.50. The first-order valence-corrected chi connectivity index (χ1v) is 8.84.